The van der Waals surface area contributed by atoms with Crippen molar-refractivity contribution in [2.75, 3.05) is 13.2 Å². The van der Waals surface area contributed by atoms with Gasteiger partial charge in [0, 0.05) is 12.8 Å². The van der Waals surface area contributed by atoms with Crippen molar-refractivity contribution in [2.24, 2.45) is 0 Å². The van der Waals surface area contributed by atoms with Crippen LogP contribution in [0.25, 0.3) is 0 Å². The number of allylic oxidation sites excluding steroid dienone is 12. The summed E-state index contributed by atoms with van der Waals surface area (Å²) in [4.78, 5) is 54.2. The molecule has 0 bridgehead atoms. The van der Waals surface area contributed by atoms with Crippen LogP contribution in [0.15, 0.2) is 72.9 Å². The van der Waals surface area contributed by atoms with E-state index in [0.29, 0.717) is 19.3 Å². The molecule has 0 aromatic heterocycles. The predicted octanol–water partition coefficient (Wildman–Crippen LogP) is 7.81. The number of hydrogen-bond donors (Lipinski definition) is 8. The van der Waals surface area contributed by atoms with Gasteiger partial charge in [-0.05, 0) is 89.9 Å². The second-order valence-electron chi connectivity index (χ2n) is 16.3. The molecular formula is C47H80O17P2. The van der Waals surface area contributed by atoms with Gasteiger partial charge in [-0.15, -0.1) is 0 Å². The number of carbonyl (C=O) groups is 2. The van der Waals surface area contributed by atoms with Gasteiger partial charge < -0.3 is 49.7 Å². The highest BCUT2D eigenvalue weighted by Crippen LogP contribution is 2.49. The van der Waals surface area contributed by atoms with E-state index in [1.807, 2.05) is 25.2 Å². The maximum atomic E-state index is 13.0. The van der Waals surface area contributed by atoms with Crippen LogP contribution in [0, 0.1) is 0 Å². The molecule has 0 aromatic rings. The van der Waals surface area contributed by atoms with Gasteiger partial charge in [-0.3, -0.25) is 23.2 Å². The fourth-order valence-corrected chi connectivity index (χ4v) is 8.10. The Bertz CT molecular complexity index is 1570. The maximum absolute atomic E-state index is 13.0. The van der Waals surface area contributed by atoms with Crippen LogP contribution in [0.1, 0.15) is 149 Å². The Labute approximate surface area is 392 Å². The summed E-state index contributed by atoms with van der Waals surface area (Å²) >= 11 is 0. The van der Waals surface area contributed by atoms with E-state index in [2.05, 4.69) is 66.1 Å². The van der Waals surface area contributed by atoms with E-state index in [1.54, 1.807) is 0 Å². The van der Waals surface area contributed by atoms with Crippen molar-refractivity contribution < 1.29 is 82.0 Å². The average Bonchev–Trinajstić information content (AvgIpc) is 3.27. The highest BCUT2D eigenvalue weighted by Gasteiger charge is 2.54. The summed E-state index contributed by atoms with van der Waals surface area (Å²) in [6.07, 6.45) is 26.6. The van der Waals surface area contributed by atoms with E-state index < -0.39 is 83.5 Å². The van der Waals surface area contributed by atoms with Gasteiger partial charge in [-0.2, -0.15) is 0 Å². The standard InChI is InChI=1S/C47H80O17P2/c1-3-5-6-7-8-9-10-11-12-17-20-23-26-29-32-35-41(50)62-39(37-61-66(58,59)64-47-44(53)42(51)43(52)46(45(47)54)63-65(55,56)57)36-60-40(49)34-31-28-25-22-19-16-14-13-15-18-21-24-27-30-33-38(48)4-2/h8-9,11-12,14-16,18,22,24-25,27,38-39,42-48,51-54H,3-7,10,13,17,19-21,23,26,28-37H2,1-2H3,(H,58,59)(H2,55,56,57)/b9-8-,12-11-,16-14-,18-15-,25-22-,27-24-/t38-,39+,42?,43?,44?,45?,46+,47-/m0/s1. The lowest BCUT2D eigenvalue weighted by molar-refractivity contribution is -0.216. The van der Waals surface area contributed by atoms with Crippen LogP contribution in [0.5, 0.6) is 0 Å². The Hall–Kier alpha value is -2.60. The molecule has 17 nitrogen and oxygen atoms in total. The van der Waals surface area contributed by atoms with E-state index in [1.165, 1.54) is 19.3 Å². The minimum atomic E-state index is -5.38. The zero-order valence-corrected chi connectivity index (χ0v) is 40.7. The van der Waals surface area contributed by atoms with Crippen molar-refractivity contribution in [1.29, 1.82) is 0 Å². The third-order valence-electron chi connectivity index (χ3n) is 10.4. The molecule has 1 aliphatic carbocycles. The molecule has 1 fully saturated rings. The zero-order chi connectivity index (χ0) is 49.1. The van der Waals surface area contributed by atoms with Crippen LogP contribution in [-0.4, -0.2) is 114 Å². The van der Waals surface area contributed by atoms with Gasteiger partial charge in [0.2, 0.25) is 0 Å². The summed E-state index contributed by atoms with van der Waals surface area (Å²) in [7, 11) is -10.7. The van der Waals surface area contributed by atoms with Crippen LogP contribution < -0.4 is 0 Å². The van der Waals surface area contributed by atoms with Crippen molar-refractivity contribution in [2.45, 2.75) is 198 Å². The molecule has 9 atom stereocenters. The number of unbranched alkanes of at least 4 members (excludes halogenated alkanes) is 9. The summed E-state index contributed by atoms with van der Waals surface area (Å²) in [5, 5.41) is 50.8. The first-order valence-corrected chi connectivity index (χ1v) is 26.6. The van der Waals surface area contributed by atoms with E-state index >= 15 is 0 Å². The smallest absolute Gasteiger partial charge is 0.462 e. The molecule has 1 rings (SSSR count). The number of carbonyl (C=O) groups excluding carboxylic acids is 2. The van der Waals surface area contributed by atoms with Crippen molar-refractivity contribution in [1.82, 2.24) is 0 Å². The lowest BCUT2D eigenvalue weighted by Gasteiger charge is -2.43. The van der Waals surface area contributed by atoms with Gasteiger partial charge in [0.15, 0.2) is 6.10 Å². The molecule has 0 amide bonds. The van der Waals surface area contributed by atoms with Crippen LogP contribution in [0.2, 0.25) is 0 Å². The minimum absolute atomic E-state index is 0.00592. The van der Waals surface area contributed by atoms with E-state index in [0.717, 1.165) is 83.5 Å². The van der Waals surface area contributed by atoms with Crippen LogP contribution in [0.4, 0.5) is 0 Å². The minimum Gasteiger partial charge on any atom is -0.462 e. The number of phosphoric ester groups is 2. The number of phosphoric acid groups is 2. The fourth-order valence-electron chi connectivity index (χ4n) is 6.56. The monoisotopic (exact) mass is 978 g/mol. The van der Waals surface area contributed by atoms with Gasteiger partial charge in [-0.25, -0.2) is 9.13 Å². The van der Waals surface area contributed by atoms with Crippen molar-refractivity contribution in [3.8, 4) is 0 Å². The largest absolute Gasteiger partial charge is 0.472 e. The van der Waals surface area contributed by atoms with Gasteiger partial charge in [0.25, 0.3) is 0 Å². The normalized spacial score (nSPS) is 22.6. The summed E-state index contributed by atoms with van der Waals surface area (Å²) < 4.78 is 49.3. The van der Waals surface area contributed by atoms with Crippen molar-refractivity contribution >= 4 is 27.6 Å². The molecule has 5 unspecified atom stereocenters. The molecular weight excluding hydrogens is 898 g/mol. The number of aliphatic hydroxyl groups excluding tert-OH is 5. The molecule has 380 valence electrons. The van der Waals surface area contributed by atoms with E-state index in [-0.39, 0.29) is 18.9 Å². The number of aliphatic hydroxyl groups is 5. The topological polar surface area (TPSA) is 276 Å². The molecule has 1 aliphatic rings. The summed E-state index contributed by atoms with van der Waals surface area (Å²) in [5.41, 5.74) is 0. The second kappa shape index (κ2) is 37.3. The Kier molecular flexibility index (Phi) is 34.7. The third-order valence-corrected chi connectivity index (χ3v) is 11.9. The van der Waals surface area contributed by atoms with Gasteiger partial charge in [0.05, 0.1) is 12.7 Å². The molecule has 0 saturated heterocycles. The average molecular weight is 979 g/mol. The Morgan fingerprint density at radius 1 is 0.545 bits per heavy atom. The zero-order valence-electron chi connectivity index (χ0n) is 39.0. The van der Waals surface area contributed by atoms with Crippen molar-refractivity contribution in [3.05, 3.63) is 72.9 Å². The SMILES string of the molecule is CCCCC/C=C\C/C=C\CCCCCCCC(=O)O[C@H](COC(=O)CCC/C=C\C/C=C\C/C=C\C/C=C\CC[C@@H](O)CC)COP(=O)(O)O[C@H]1C(O)C(O)C(O)[C@@H](OP(=O)(O)O)C1O. The first kappa shape index (κ1) is 61.4. The summed E-state index contributed by atoms with van der Waals surface area (Å²) in [5.74, 6) is -1.31. The molecule has 0 radical (unpaired) electrons. The highest BCUT2D eigenvalue weighted by atomic mass is 31.2. The van der Waals surface area contributed by atoms with Crippen molar-refractivity contribution in [3.63, 3.8) is 0 Å². The Morgan fingerprint density at radius 2 is 1.02 bits per heavy atom. The molecule has 0 heterocycles. The molecule has 66 heavy (non-hydrogen) atoms. The number of hydrogen-bond acceptors (Lipinski definition) is 14. The molecule has 0 aromatic carbocycles. The van der Waals surface area contributed by atoms with Gasteiger partial charge in [-0.1, -0.05) is 119 Å². The predicted molar refractivity (Wildman–Crippen MR) is 252 cm³/mol. The molecule has 0 spiro atoms. The Morgan fingerprint density at radius 3 is 1.56 bits per heavy atom. The van der Waals surface area contributed by atoms with E-state index in [4.69, 9.17) is 28.3 Å². The lowest BCUT2D eigenvalue weighted by Crippen LogP contribution is -2.64. The fraction of sp³-hybridized carbons (Fsp3) is 0.702. The first-order valence-electron chi connectivity index (χ1n) is 23.6. The van der Waals surface area contributed by atoms with Gasteiger partial charge >= 0.3 is 27.6 Å². The van der Waals surface area contributed by atoms with Gasteiger partial charge in [0.1, 0.15) is 43.2 Å². The first-order chi connectivity index (χ1) is 31.5. The second-order valence-corrected chi connectivity index (χ2v) is 18.9. The van der Waals surface area contributed by atoms with Crippen LogP contribution in [-0.2, 0) is 41.8 Å². The lowest BCUT2D eigenvalue weighted by atomic mass is 9.85. The number of ether oxygens (including phenoxy) is 2. The summed E-state index contributed by atoms with van der Waals surface area (Å²) in [6.45, 7) is 2.73. The number of rotatable bonds is 38. The van der Waals surface area contributed by atoms with Crippen LogP contribution >= 0.6 is 15.6 Å². The Balaban J connectivity index is 2.65. The quantitative estimate of drug-likeness (QED) is 0.0127. The van der Waals surface area contributed by atoms with E-state index in [9.17, 15) is 49.1 Å². The molecule has 8 N–H and O–H groups in total. The number of esters is 2. The molecule has 1 saturated carbocycles. The van der Waals surface area contributed by atoms with Crippen LogP contribution in [0.3, 0.4) is 0 Å². The highest BCUT2D eigenvalue weighted by molar-refractivity contribution is 7.47. The maximum Gasteiger partial charge on any atom is 0.472 e. The molecule has 0 aliphatic heterocycles. The summed E-state index contributed by atoms with van der Waals surface area (Å²) in [6, 6.07) is 0. The third kappa shape index (κ3) is 31.4. The molecule has 19 heteroatoms.